The Bertz CT molecular complexity index is 918. The minimum absolute atomic E-state index is 0. The largest absolute Gasteiger partial charge is 0.379 e. The lowest BCUT2D eigenvalue weighted by molar-refractivity contribution is -0.141. The van der Waals surface area contributed by atoms with Crippen LogP contribution in [-0.2, 0) is 22.6 Å². The van der Waals surface area contributed by atoms with Gasteiger partial charge in [0.05, 0.1) is 0 Å². The number of para-hydroxylation sites is 1. The standard InChI is InChI=1S/C24H31N5O2.ClH/c1-28(15-9-20-7-4-5-12-26-20)23(31)18-29-17-19-6-2-3-8-21(19)27-24(16-22(29)30)10-13-25-14-11-24;/h2-8,12,25,27H,9-11,13-18H2,1H3;1H. The first-order chi connectivity index (χ1) is 15.0. The van der Waals surface area contributed by atoms with Gasteiger partial charge in [0, 0.05) is 56.1 Å². The molecule has 0 aliphatic carbocycles. The van der Waals surface area contributed by atoms with Crippen molar-refractivity contribution in [1.29, 1.82) is 0 Å². The molecule has 1 aromatic heterocycles. The summed E-state index contributed by atoms with van der Waals surface area (Å²) in [5, 5.41) is 7.08. The third-order valence-electron chi connectivity index (χ3n) is 6.36. The van der Waals surface area contributed by atoms with Crippen LogP contribution in [0.4, 0.5) is 5.69 Å². The van der Waals surface area contributed by atoms with Crippen LogP contribution in [-0.4, -0.2) is 65.4 Å². The number of hydrogen-bond donors (Lipinski definition) is 2. The van der Waals surface area contributed by atoms with Crippen molar-refractivity contribution in [1.82, 2.24) is 20.1 Å². The summed E-state index contributed by atoms with van der Waals surface area (Å²) >= 11 is 0. The Morgan fingerprint density at radius 2 is 1.91 bits per heavy atom. The highest BCUT2D eigenvalue weighted by Crippen LogP contribution is 2.33. The molecule has 0 radical (unpaired) electrons. The van der Waals surface area contributed by atoms with Gasteiger partial charge in [-0.1, -0.05) is 24.3 Å². The first kappa shape index (κ1) is 24.0. The molecular formula is C24H32ClN5O2. The Balaban J connectivity index is 0.00000289. The summed E-state index contributed by atoms with van der Waals surface area (Å²) in [5.41, 5.74) is 2.82. The summed E-state index contributed by atoms with van der Waals surface area (Å²) in [6.45, 7) is 2.89. The number of fused-ring (bicyclic) bond motifs is 1. The zero-order chi connectivity index (χ0) is 21.7. The van der Waals surface area contributed by atoms with Crippen molar-refractivity contribution in [2.24, 2.45) is 0 Å². The van der Waals surface area contributed by atoms with Crippen LogP contribution in [0, 0.1) is 0 Å². The zero-order valence-corrected chi connectivity index (χ0v) is 19.4. The Morgan fingerprint density at radius 3 is 2.66 bits per heavy atom. The molecule has 2 aliphatic rings. The molecule has 1 fully saturated rings. The fourth-order valence-corrected chi connectivity index (χ4v) is 4.39. The molecule has 2 N–H and O–H groups in total. The fraction of sp³-hybridized carbons (Fsp3) is 0.458. The van der Waals surface area contributed by atoms with E-state index in [4.69, 9.17) is 0 Å². The van der Waals surface area contributed by atoms with E-state index in [-0.39, 0.29) is 36.3 Å². The average molecular weight is 458 g/mol. The molecule has 1 aromatic carbocycles. The zero-order valence-electron chi connectivity index (χ0n) is 18.5. The molecule has 2 aromatic rings. The topological polar surface area (TPSA) is 77.6 Å². The predicted octanol–water partition coefficient (Wildman–Crippen LogP) is 2.47. The number of halogens is 1. The first-order valence-corrected chi connectivity index (χ1v) is 11.0. The maximum Gasteiger partial charge on any atom is 0.241 e. The van der Waals surface area contributed by atoms with Crippen LogP contribution in [0.2, 0.25) is 0 Å². The summed E-state index contributed by atoms with van der Waals surface area (Å²) in [6, 6.07) is 13.9. The number of amides is 2. The van der Waals surface area contributed by atoms with Crippen molar-refractivity contribution in [2.75, 3.05) is 38.5 Å². The molecule has 172 valence electrons. The number of nitrogens with one attached hydrogen (secondary N) is 2. The Kier molecular flexibility index (Phi) is 8.10. The quantitative estimate of drug-likeness (QED) is 0.721. The number of carbonyl (C=O) groups is 2. The van der Waals surface area contributed by atoms with E-state index >= 15 is 0 Å². The lowest BCUT2D eigenvalue weighted by Crippen LogP contribution is -2.53. The smallest absolute Gasteiger partial charge is 0.241 e. The molecule has 0 atom stereocenters. The van der Waals surface area contributed by atoms with Crippen molar-refractivity contribution < 1.29 is 9.59 Å². The maximum atomic E-state index is 13.3. The first-order valence-electron chi connectivity index (χ1n) is 11.0. The Hall–Kier alpha value is -2.64. The molecule has 1 saturated heterocycles. The van der Waals surface area contributed by atoms with E-state index in [1.54, 1.807) is 23.0 Å². The summed E-state index contributed by atoms with van der Waals surface area (Å²) < 4.78 is 0. The average Bonchev–Trinajstić information content (AvgIpc) is 2.78. The fourth-order valence-electron chi connectivity index (χ4n) is 4.39. The Morgan fingerprint density at radius 1 is 1.16 bits per heavy atom. The van der Waals surface area contributed by atoms with Crippen molar-refractivity contribution in [3.63, 3.8) is 0 Å². The van der Waals surface area contributed by atoms with Crippen LogP contribution in [0.15, 0.2) is 48.7 Å². The van der Waals surface area contributed by atoms with E-state index in [2.05, 4.69) is 21.7 Å². The number of nitrogens with zero attached hydrogens (tertiary/aromatic N) is 3. The lowest BCUT2D eigenvalue weighted by atomic mass is 9.83. The summed E-state index contributed by atoms with van der Waals surface area (Å²) in [4.78, 5) is 34.0. The van der Waals surface area contributed by atoms with Gasteiger partial charge < -0.3 is 20.4 Å². The van der Waals surface area contributed by atoms with Gasteiger partial charge in [0.15, 0.2) is 0 Å². The second-order valence-corrected chi connectivity index (χ2v) is 8.63. The van der Waals surface area contributed by atoms with Gasteiger partial charge in [-0.25, -0.2) is 0 Å². The highest BCUT2D eigenvalue weighted by atomic mass is 35.5. The van der Waals surface area contributed by atoms with Crippen molar-refractivity contribution in [3.8, 4) is 0 Å². The van der Waals surface area contributed by atoms with Gasteiger partial charge in [0.25, 0.3) is 0 Å². The van der Waals surface area contributed by atoms with E-state index in [1.807, 2.05) is 36.4 Å². The van der Waals surface area contributed by atoms with Gasteiger partial charge in [-0.3, -0.25) is 14.6 Å². The number of hydrogen-bond acceptors (Lipinski definition) is 5. The number of aromatic nitrogens is 1. The number of rotatable bonds is 5. The number of likely N-dealkylation sites (N-methyl/N-ethyl adjacent to an activating group) is 1. The third kappa shape index (κ3) is 5.78. The van der Waals surface area contributed by atoms with E-state index in [0.717, 1.165) is 42.9 Å². The van der Waals surface area contributed by atoms with Gasteiger partial charge in [-0.2, -0.15) is 0 Å². The van der Waals surface area contributed by atoms with Gasteiger partial charge in [0.1, 0.15) is 6.54 Å². The molecule has 0 unspecified atom stereocenters. The molecule has 2 aliphatic heterocycles. The van der Waals surface area contributed by atoms with E-state index in [0.29, 0.717) is 25.9 Å². The lowest BCUT2D eigenvalue weighted by Gasteiger charge is -2.42. The minimum Gasteiger partial charge on any atom is -0.379 e. The summed E-state index contributed by atoms with van der Waals surface area (Å²) in [5.74, 6) is -0.00923. The molecule has 8 heteroatoms. The predicted molar refractivity (Wildman–Crippen MR) is 128 cm³/mol. The normalized spacial score (nSPS) is 17.4. The third-order valence-corrected chi connectivity index (χ3v) is 6.36. The van der Waals surface area contributed by atoms with Crippen LogP contribution in [0.25, 0.3) is 0 Å². The number of benzene rings is 1. The van der Waals surface area contributed by atoms with E-state index in [1.165, 1.54) is 0 Å². The van der Waals surface area contributed by atoms with Gasteiger partial charge in [0.2, 0.25) is 11.8 Å². The highest BCUT2D eigenvalue weighted by molar-refractivity contribution is 5.86. The van der Waals surface area contributed by atoms with Gasteiger partial charge in [-0.15, -0.1) is 12.4 Å². The number of piperidine rings is 1. The van der Waals surface area contributed by atoms with Gasteiger partial charge >= 0.3 is 0 Å². The molecule has 4 rings (SSSR count). The van der Waals surface area contributed by atoms with E-state index in [9.17, 15) is 9.59 Å². The van der Waals surface area contributed by atoms with Crippen LogP contribution >= 0.6 is 12.4 Å². The Labute approximate surface area is 196 Å². The van der Waals surface area contributed by atoms with Crippen molar-refractivity contribution in [3.05, 3.63) is 59.9 Å². The highest BCUT2D eigenvalue weighted by Gasteiger charge is 2.38. The number of anilines is 1. The SMILES string of the molecule is CN(CCc1ccccn1)C(=O)CN1Cc2ccccc2NC2(CCNCC2)CC1=O.Cl. The molecule has 1 spiro atoms. The monoisotopic (exact) mass is 457 g/mol. The van der Waals surface area contributed by atoms with Crippen LogP contribution in [0.5, 0.6) is 0 Å². The maximum absolute atomic E-state index is 13.3. The second-order valence-electron chi connectivity index (χ2n) is 8.63. The molecule has 0 saturated carbocycles. The number of carbonyl (C=O) groups excluding carboxylic acids is 2. The van der Waals surface area contributed by atoms with Crippen molar-refractivity contribution in [2.45, 2.75) is 37.8 Å². The number of pyridine rings is 1. The molecule has 32 heavy (non-hydrogen) atoms. The molecule has 7 nitrogen and oxygen atoms in total. The summed E-state index contributed by atoms with van der Waals surface area (Å²) in [7, 11) is 1.80. The molecule has 0 bridgehead atoms. The van der Waals surface area contributed by atoms with Gasteiger partial charge in [-0.05, 0) is 49.7 Å². The van der Waals surface area contributed by atoms with Crippen LogP contribution < -0.4 is 10.6 Å². The van der Waals surface area contributed by atoms with Crippen LogP contribution in [0.1, 0.15) is 30.5 Å². The molecule has 3 heterocycles. The van der Waals surface area contributed by atoms with Crippen molar-refractivity contribution >= 4 is 29.9 Å². The molecular weight excluding hydrogens is 426 g/mol. The van der Waals surface area contributed by atoms with Crippen LogP contribution in [0.3, 0.4) is 0 Å². The van der Waals surface area contributed by atoms with E-state index < -0.39 is 0 Å². The minimum atomic E-state index is -0.259. The molecule has 2 amide bonds. The summed E-state index contributed by atoms with van der Waals surface area (Å²) in [6.07, 6.45) is 4.64. The second kappa shape index (κ2) is 10.8.